The van der Waals surface area contributed by atoms with Crippen LogP contribution in [0.15, 0.2) is 0 Å². The Hall–Kier alpha value is -1.14. The summed E-state index contributed by atoms with van der Waals surface area (Å²) < 4.78 is 5.23. The summed E-state index contributed by atoms with van der Waals surface area (Å²) in [5, 5.41) is 3.11. The first kappa shape index (κ1) is 17.7. The lowest BCUT2D eigenvalue weighted by atomic mass is 9.60. The Labute approximate surface area is 144 Å². The van der Waals surface area contributed by atoms with Crippen molar-refractivity contribution in [2.75, 3.05) is 20.2 Å². The Morgan fingerprint density at radius 1 is 1.25 bits per heavy atom. The van der Waals surface area contributed by atoms with Gasteiger partial charge in [-0.2, -0.15) is 0 Å². The lowest BCUT2D eigenvalue weighted by Crippen LogP contribution is -2.74. The molecule has 0 aromatic rings. The van der Waals surface area contributed by atoms with E-state index in [2.05, 4.69) is 51.9 Å². The zero-order chi connectivity index (χ0) is 17.9. The van der Waals surface area contributed by atoms with Crippen molar-refractivity contribution in [1.82, 2.24) is 15.1 Å². The van der Waals surface area contributed by atoms with E-state index in [1.54, 1.807) is 0 Å². The number of nitrogens with one attached hydrogen (secondary N) is 1. The Balaban J connectivity index is 2.01. The van der Waals surface area contributed by atoms with Gasteiger partial charge >= 0.3 is 6.03 Å². The minimum absolute atomic E-state index is 0.0199. The molecule has 0 aliphatic carbocycles. The van der Waals surface area contributed by atoms with Crippen molar-refractivity contribution in [3.8, 4) is 0 Å². The average molecular weight is 337 g/mol. The van der Waals surface area contributed by atoms with E-state index in [4.69, 9.17) is 4.74 Å². The van der Waals surface area contributed by atoms with Crippen molar-refractivity contribution >= 4 is 11.9 Å². The van der Waals surface area contributed by atoms with Gasteiger partial charge in [-0.25, -0.2) is 4.79 Å². The maximum Gasteiger partial charge on any atom is 0.325 e. The summed E-state index contributed by atoms with van der Waals surface area (Å²) in [6, 6.07) is -0.260. The fraction of sp³-hybridized carbons (Fsp3) is 0.889. The van der Waals surface area contributed by atoms with Crippen molar-refractivity contribution in [3.05, 3.63) is 0 Å². The van der Waals surface area contributed by atoms with E-state index < -0.39 is 5.54 Å². The molecule has 0 bridgehead atoms. The summed E-state index contributed by atoms with van der Waals surface area (Å²) in [6.07, 6.45) is 2.53. The van der Waals surface area contributed by atoms with Crippen LogP contribution in [0.1, 0.15) is 53.9 Å². The van der Waals surface area contributed by atoms with E-state index in [9.17, 15) is 9.59 Å². The SMILES string of the molecule is CCC1(C)CC2(NC(=O)N(CC3CO3)C2=O)C(C)C(C)(CC)N1C. The number of amides is 3. The van der Waals surface area contributed by atoms with Crippen LogP contribution in [0.5, 0.6) is 0 Å². The summed E-state index contributed by atoms with van der Waals surface area (Å²) in [7, 11) is 2.16. The van der Waals surface area contributed by atoms with E-state index in [1.165, 1.54) is 4.90 Å². The molecular formula is C18H31N3O3. The number of carbonyl (C=O) groups is 2. The molecular weight excluding hydrogens is 306 g/mol. The number of carbonyl (C=O) groups excluding carboxylic acids is 2. The first-order valence-corrected chi connectivity index (χ1v) is 9.14. The minimum atomic E-state index is -0.812. The van der Waals surface area contributed by atoms with Gasteiger partial charge < -0.3 is 10.1 Å². The van der Waals surface area contributed by atoms with Gasteiger partial charge in [-0.05, 0) is 40.2 Å². The topological polar surface area (TPSA) is 65.2 Å². The van der Waals surface area contributed by atoms with E-state index >= 15 is 0 Å². The quantitative estimate of drug-likeness (QED) is 0.629. The highest BCUT2D eigenvalue weighted by atomic mass is 16.6. The van der Waals surface area contributed by atoms with Gasteiger partial charge in [-0.1, -0.05) is 20.8 Å². The number of nitrogens with zero attached hydrogens (tertiary/aromatic N) is 2. The minimum Gasteiger partial charge on any atom is -0.371 e. The molecule has 3 heterocycles. The largest absolute Gasteiger partial charge is 0.371 e. The number of epoxide rings is 1. The maximum absolute atomic E-state index is 13.3. The van der Waals surface area contributed by atoms with Gasteiger partial charge in [0.1, 0.15) is 5.54 Å². The lowest BCUT2D eigenvalue weighted by Gasteiger charge is -2.62. The fourth-order valence-corrected chi connectivity index (χ4v) is 4.82. The van der Waals surface area contributed by atoms with Crippen LogP contribution < -0.4 is 5.32 Å². The molecule has 0 saturated carbocycles. The van der Waals surface area contributed by atoms with Gasteiger partial charge in [-0.15, -0.1) is 0 Å². The normalized spacial score (nSPS) is 45.8. The lowest BCUT2D eigenvalue weighted by molar-refractivity contribution is -0.151. The van der Waals surface area contributed by atoms with Crippen molar-refractivity contribution in [1.29, 1.82) is 0 Å². The number of hydrogen-bond acceptors (Lipinski definition) is 4. The fourth-order valence-electron chi connectivity index (χ4n) is 4.82. The van der Waals surface area contributed by atoms with E-state index in [0.717, 1.165) is 12.8 Å². The summed E-state index contributed by atoms with van der Waals surface area (Å²) in [6.45, 7) is 11.9. The number of imide groups is 1. The van der Waals surface area contributed by atoms with E-state index in [0.29, 0.717) is 19.6 Å². The molecule has 3 aliphatic rings. The Kier molecular flexibility index (Phi) is 4.00. The Morgan fingerprint density at radius 2 is 1.88 bits per heavy atom. The third-order valence-electron chi connectivity index (χ3n) is 7.38. The van der Waals surface area contributed by atoms with Crippen LogP contribution in [-0.4, -0.2) is 64.7 Å². The second kappa shape index (κ2) is 5.43. The molecule has 3 aliphatic heterocycles. The number of hydrogen-bond donors (Lipinski definition) is 1. The predicted octanol–water partition coefficient (Wildman–Crippen LogP) is 1.98. The van der Waals surface area contributed by atoms with Crippen molar-refractivity contribution in [2.45, 2.75) is 76.6 Å². The average Bonchev–Trinajstić information content (AvgIpc) is 3.35. The molecule has 6 nitrogen and oxygen atoms in total. The van der Waals surface area contributed by atoms with E-state index in [-0.39, 0.29) is 35.0 Å². The number of urea groups is 1. The highest BCUT2D eigenvalue weighted by Gasteiger charge is 2.65. The molecule has 6 heteroatoms. The van der Waals surface area contributed by atoms with Gasteiger partial charge in [0.05, 0.1) is 19.3 Å². The van der Waals surface area contributed by atoms with Gasteiger partial charge in [-0.3, -0.25) is 14.6 Å². The summed E-state index contributed by atoms with van der Waals surface area (Å²) >= 11 is 0. The van der Waals surface area contributed by atoms with Crippen molar-refractivity contribution < 1.29 is 14.3 Å². The van der Waals surface area contributed by atoms with Gasteiger partial charge in [0.25, 0.3) is 5.91 Å². The van der Waals surface area contributed by atoms with Crippen LogP contribution in [0.2, 0.25) is 0 Å². The van der Waals surface area contributed by atoms with Crippen molar-refractivity contribution in [3.63, 3.8) is 0 Å². The van der Waals surface area contributed by atoms with Crippen LogP contribution in [0.4, 0.5) is 4.79 Å². The molecule has 3 rings (SSSR count). The van der Waals surface area contributed by atoms with Gasteiger partial charge in [0.15, 0.2) is 0 Å². The van der Waals surface area contributed by atoms with Gasteiger partial charge in [0, 0.05) is 17.0 Å². The summed E-state index contributed by atoms with van der Waals surface area (Å²) in [5.74, 6) is -0.0378. The summed E-state index contributed by atoms with van der Waals surface area (Å²) in [5.41, 5.74) is -1.10. The Bertz CT molecular complexity index is 564. The van der Waals surface area contributed by atoms with Crippen molar-refractivity contribution in [2.24, 2.45) is 5.92 Å². The highest BCUT2D eigenvalue weighted by molar-refractivity contribution is 6.07. The van der Waals surface area contributed by atoms with Crippen LogP contribution in [0.3, 0.4) is 0 Å². The van der Waals surface area contributed by atoms with E-state index in [1.807, 2.05) is 0 Å². The summed E-state index contributed by atoms with van der Waals surface area (Å²) in [4.78, 5) is 29.7. The molecule has 3 saturated heterocycles. The maximum atomic E-state index is 13.3. The molecule has 0 aromatic carbocycles. The number of ether oxygens (including phenoxy) is 1. The third kappa shape index (κ3) is 2.22. The first-order chi connectivity index (χ1) is 11.1. The molecule has 1 N–H and O–H groups in total. The monoisotopic (exact) mass is 337 g/mol. The standard InChI is InChI=1S/C18H31N3O3/c1-7-16(4)11-18(12(3)17(5,8-2)20(16)6)14(22)21(15(23)19-18)9-13-10-24-13/h12-13H,7-11H2,1-6H3,(H,19,23). The van der Waals surface area contributed by atoms with Gasteiger partial charge in [0.2, 0.25) is 0 Å². The Morgan fingerprint density at radius 3 is 2.38 bits per heavy atom. The zero-order valence-corrected chi connectivity index (χ0v) is 15.8. The van der Waals surface area contributed by atoms with Crippen LogP contribution in [0, 0.1) is 5.92 Å². The van der Waals surface area contributed by atoms with Crippen LogP contribution >= 0.6 is 0 Å². The second-order valence-corrected chi connectivity index (χ2v) is 8.29. The molecule has 24 heavy (non-hydrogen) atoms. The molecule has 3 fully saturated rings. The molecule has 3 amide bonds. The van der Waals surface area contributed by atoms with Crippen LogP contribution in [-0.2, 0) is 9.53 Å². The molecule has 1 spiro atoms. The number of likely N-dealkylation sites (tertiary alicyclic amines) is 1. The van der Waals surface area contributed by atoms with Crippen LogP contribution in [0.25, 0.3) is 0 Å². The second-order valence-electron chi connectivity index (χ2n) is 8.29. The molecule has 5 unspecified atom stereocenters. The molecule has 0 radical (unpaired) electrons. The third-order valence-corrected chi connectivity index (χ3v) is 7.38. The highest BCUT2D eigenvalue weighted by Crippen LogP contribution is 2.51. The molecule has 0 aromatic heterocycles. The predicted molar refractivity (Wildman–Crippen MR) is 91.7 cm³/mol. The smallest absolute Gasteiger partial charge is 0.325 e. The number of rotatable bonds is 4. The molecule has 136 valence electrons. The molecule has 5 atom stereocenters. The first-order valence-electron chi connectivity index (χ1n) is 9.14. The number of piperidine rings is 1. The zero-order valence-electron chi connectivity index (χ0n) is 15.8.